The molecule has 0 aromatic carbocycles. The highest BCUT2D eigenvalue weighted by Crippen LogP contribution is 2.67. The van der Waals surface area contributed by atoms with E-state index in [2.05, 4.69) is 10.6 Å². The van der Waals surface area contributed by atoms with Gasteiger partial charge in [0.2, 0.25) is 11.8 Å². The fraction of sp³-hybridized carbons (Fsp3) is 0.900. The van der Waals surface area contributed by atoms with Crippen LogP contribution in [0.25, 0.3) is 0 Å². The van der Waals surface area contributed by atoms with E-state index in [1.807, 2.05) is 0 Å². The van der Waals surface area contributed by atoms with Crippen LogP contribution in [0.5, 0.6) is 0 Å². The fourth-order valence-electron chi connectivity index (χ4n) is 5.37. The molecule has 2 N–H and O–H groups in total. The van der Waals surface area contributed by atoms with Crippen LogP contribution in [-0.4, -0.2) is 66.5 Å². The van der Waals surface area contributed by atoms with Crippen molar-refractivity contribution >= 4 is 23.4 Å². The first-order valence-electron chi connectivity index (χ1n) is 10.7. The smallest absolute Gasteiger partial charge is 0.368 e. The first-order valence-corrected chi connectivity index (χ1v) is 11.2. The molecule has 4 saturated carbocycles. The van der Waals surface area contributed by atoms with E-state index in [1.54, 1.807) is 0 Å². The van der Waals surface area contributed by atoms with Gasteiger partial charge in [-0.3, -0.25) is 9.59 Å². The summed E-state index contributed by atoms with van der Waals surface area (Å²) in [5, 5.41) is 5.12. The van der Waals surface area contributed by atoms with Gasteiger partial charge in [-0.1, -0.05) is 0 Å². The Labute approximate surface area is 182 Å². The maximum Gasteiger partial charge on any atom is 0.414 e. The molecule has 0 aromatic heterocycles. The van der Waals surface area contributed by atoms with Crippen LogP contribution in [0.3, 0.4) is 0 Å². The summed E-state index contributed by atoms with van der Waals surface area (Å²) in [6.45, 7) is -0.106. The zero-order chi connectivity index (χ0) is 22.4. The van der Waals surface area contributed by atoms with Crippen molar-refractivity contribution < 1.29 is 36.6 Å². The Morgan fingerprint density at radius 2 is 1.84 bits per heavy atom. The van der Waals surface area contributed by atoms with E-state index in [0.29, 0.717) is 32.1 Å². The second-order valence-corrected chi connectivity index (χ2v) is 10.1. The van der Waals surface area contributed by atoms with Crippen LogP contribution in [0, 0.1) is 5.41 Å². The highest BCUT2D eigenvalue weighted by molar-refractivity contribution is 6.21. The Hall–Kier alpha value is -1.13. The number of nitrogens with one attached hydrogen (secondary N) is 2. The van der Waals surface area contributed by atoms with Crippen LogP contribution in [-0.2, 0) is 19.1 Å². The quantitative estimate of drug-likeness (QED) is 0.443. The maximum atomic E-state index is 13.6. The van der Waals surface area contributed by atoms with Crippen molar-refractivity contribution in [3.8, 4) is 0 Å². The number of rotatable bonds is 7. The topological polar surface area (TPSA) is 76.7 Å². The number of carbonyl (C=O) groups is 2. The molecule has 4 aliphatic carbocycles. The van der Waals surface area contributed by atoms with E-state index in [4.69, 9.17) is 21.1 Å². The molecule has 31 heavy (non-hydrogen) atoms. The van der Waals surface area contributed by atoms with Crippen molar-refractivity contribution in [3.05, 3.63) is 0 Å². The standard InChI is InChI=1S/C20H27ClF4N2O4/c21-13-3-1-11(5-14(13)22)30-7-16(28)27-19-8-18(9-19,10-19)17(29)26-6-12-2-4-15(31-12)20(23,24)25/h11-15H,1-10H2,(H,26,29)(H,27,28). The number of amides is 2. The summed E-state index contributed by atoms with van der Waals surface area (Å²) in [7, 11) is 0. The van der Waals surface area contributed by atoms with Crippen molar-refractivity contribution in [2.45, 2.75) is 92.9 Å². The van der Waals surface area contributed by atoms with Crippen LogP contribution in [0.4, 0.5) is 17.6 Å². The van der Waals surface area contributed by atoms with Crippen LogP contribution in [0.1, 0.15) is 51.4 Å². The number of halogens is 5. The molecule has 0 aromatic rings. The molecule has 6 nitrogen and oxygen atoms in total. The Morgan fingerprint density at radius 3 is 2.45 bits per heavy atom. The van der Waals surface area contributed by atoms with Gasteiger partial charge >= 0.3 is 6.18 Å². The summed E-state index contributed by atoms with van der Waals surface area (Å²) in [5.74, 6) is -0.500. The Kier molecular flexibility index (Phi) is 6.20. The summed E-state index contributed by atoms with van der Waals surface area (Å²) < 4.78 is 62.1. The average Bonchev–Trinajstić information content (AvgIpc) is 3.12. The monoisotopic (exact) mass is 470 g/mol. The van der Waals surface area contributed by atoms with Crippen molar-refractivity contribution in [1.29, 1.82) is 0 Å². The molecule has 1 aliphatic heterocycles. The third-order valence-electron chi connectivity index (χ3n) is 6.97. The zero-order valence-corrected chi connectivity index (χ0v) is 17.7. The van der Waals surface area contributed by atoms with E-state index < -0.39 is 40.9 Å². The first-order chi connectivity index (χ1) is 14.5. The number of hydrogen-bond donors (Lipinski definition) is 2. The predicted molar refractivity (Wildman–Crippen MR) is 102 cm³/mol. The van der Waals surface area contributed by atoms with E-state index in [9.17, 15) is 27.2 Å². The van der Waals surface area contributed by atoms with Gasteiger partial charge in [0.25, 0.3) is 0 Å². The lowest BCUT2D eigenvalue weighted by atomic mass is 9.39. The summed E-state index contributed by atoms with van der Waals surface area (Å²) in [6, 6.07) is 0. The van der Waals surface area contributed by atoms with Gasteiger partial charge in [0.15, 0.2) is 6.10 Å². The fourth-order valence-corrected chi connectivity index (χ4v) is 5.60. The van der Waals surface area contributed by atoms with Crippen LogP contribution >= 0.6 is 11.6 Å². The highest BCUT2D eigenvalue weighted by Gasteiger charge is 2.72. The van der Waals surface area contributed by atoms with Gasteiger partial charge in [0.05, 0.1) is 23.0 Å². The van der Waals surface area contributed by atoms with Gasteiger partial charge < -0.3 is 20.1 Å². The number of alkyl halides is 5. The molecule has 2 bridgehead atoms. The molecule has 2 amide bonds. The first kappa shape index (κ1) is 23.0. The molecule has 5 atom stereocenters. The molecule has 11 heteroatoms. The van der Waals surface area contributed by atoms with Gasteiger partial charge in [-0.25, -0.2) is 4.39 Å². The van der Waals surface area contributed by atoms with Crippen molar-refractivity contribution in [1.82, 2.24) is 10.6 Å². The summed E-state index contributed by atoms with van der Waals surface area (Å²) in [6.07, 6.45) is -5.25. The van der Waals surface area contributed by atoms with Crippen molar-refractivity contribution in [2.75, 3.05) is 13.2 Å². The number of hydrogen-bond acceptors (Lipinski definition) is 4. The maximum absolute atomic E-state index is 13.6. The molecule has 1 heterocycles. The van der Waals surface area contributed by atoms with Gasteiger partial charge in [-0.2, -0.15) is 13.2 Å². The van der Waals surface area contributed by atoms with Gasteiger partial charge in [-0.15, -0.1) is 11.6 Å². The minimum atomic E-state index is -4.38. The SMILES string of the molecule is O=C(COC1CCC(Cl)C(F)C1)NC12CC(C(=O)NCC3CCC(C(F)(F)F)O3)(C1)C2. The predicted octanol–water partition coefficient (Wildman–Crippen LogP) is 2.77. The third kappa shape index (κ3) is 4.80. The summed E-state index contributed by atoms with van der Waals surface area (Å²) in [5.41, 5.74) is -0.976. The Balaban J connectivity index is 1.13. The van der Waals surface area contributed by atoms with Gasteiger partial charge in [0, 0.05) is 18.5 Å². The van der Waals surface area contributed by atoms with E-state index in [1.165, 1.54) is 0 Å². The van der Waals surface area contributed by atoms with Gasteiger partial charge in [-0.05, 0) is 44.9 Å². The molecule has 1 saturated heterocycles. The summed E-state index contributed by atoms with van der Waals surface area (Å²) >= 11 is 5.84. The number of carbonyl (C=O) groups excluding carboxylic acids is 2. The zero-order valence-electron chi connectivity index (χ0n) is 17.0. The molecular formula is C20H27ClF4N2O4. The highest BCUT2D eigenvalue weighted by atomic mass is 35.5. The lowest BCUT2D eigenvalue weighted by Crippen LogP contribution is -2.78. The molecule has 5 aliphatic rings. The Bertz CT molecular complexity index is 702. The molecule has 0 spiro atoms. The number of ether oxygens (including phenoxy) is 2. The molecule has 5 rings (SSSR count). The average molecular weight is 471 g/mol. The Morgan fingerprint density at radius 1 is 1.13 bits per heavy atom. The largest absolute Gasteiger partial charge is 0.414 e. The normalized spacial score (nSPS) is 41.8. The van der Waals surface area contributed by atoms with E-state index in [0.717, 1.165) is 0 Å². The van der Waals surface area contributed by atoms with Crippen molar-refractivity contribution in [3.63, 3.8) is 0 Å². The van der Waals surface area contributed by atoms with Gasteiger partial charge in [0.1, 0.15) is 12.8 Å². The lowest BCUT2D eigenvalue weighted by Gasteiger charge is -2.69. The van der Waals surface area contributed by atoms with Crippen molar-refractivity contribution in [2.24, 2.45) is 5.41 Å². The van der Waals surface area contributed by atoms with Crippen LogP contribution < -0.4 is 10.6 Å². The molecule has 176 valence electrons. The third-order valence-corrected chi connectivity index (χ3v) is 7.47. The molecular weight excluding hydrogens is 444 g/mol. The lowest BCUT2D eigenvalue weighted by molar-refractivity contribution is -0.214. The minimum absolute atomic E-state index is 0.0560. The molecule has 0 radical (unpaired) electrons. The minimum Gasteiger partial charge on any atom is -0.368 e. The van der Waals surface area contributed by atoms with Crippen LogP contribution in [0.15, 0.2) is 0 Å². The second kappa shape index (κ2) is 8.33. The van der Waals surface area contributed by atoms with E-state index in [-0.39, 0.29) is 50.3 Å². The van der Waals surface area contributed by atoms with E-state index >= 15 is 0 Å². The molecule has 5 unspecified atom stereocenters. The molecule has 5 fully saturated rings. The summed E-state index contributed by atoms with van der Waals surface area (Å²) in [4.78, 5) is 24.7. The van der Waals surface area contributed by atoms with Crippen LogP contribution in [0.2, 0.25) is 0 Å². The second-order valence-electron chi connectivity index (χ2n) is 9.49.